The minimum atomic E-state index is -3.95. The molecule has 0 radical (unpaired) electrons. The zero-order chi connectivity index (χ0) is 22.7. The predicted molar refractivity (Wildman–Crippen MR) is 126 cm³/mol. The molecule has 0 atom stereocenters. The highest BCUT2D eigenvalue weighted by atomic mass is 32.2. The van der Waals surface area contributed by atoms with Crippen molar-refractivity contribution in [2.45, 2.75) is 11.3 Å². The van der Waals surface area contributed by atoms with Gasteiger partial charge in [0.1, 0.15) is 17.3 Å². The Balaban J connectivity index is 2.07. The van der Waals surface area contributed by atoms with Gasteiger partial charge in [0.2, 0.25) is 5.91 Å². The molecular formula is C20H25N3O5S3. The highest BCUT2D eigenvalue weighted by Gasteiger charge is 2.21. The predicted octanol–water partition coefficient (Wildman–Crippen LogP) is 1.93. The molecule has 0 saturated carbocycles. The molecule has 0 aliphatic heterocycles. The molecule has 0 fully saturated rings. The molecule has 0 bridgehead atoms. The first-order valence-electron chi connectivity index (χ1n) is 9.34. The second-order valence-electron chi connectivity index (χ2n) is 6.20. The Kier molecular flexibility index (Phi) is 9.92. The number of methoxy groups -OCH3 is 1. The normalized spacial score (nSPS) is 11.3. The van der Waals surface area contributed by atoms with E-state index in [-0.39, 0.29) is 28.3 Å². The van der Waals surface area contributed by atoms with Gasteiger partial charge < -0.3 is 20.1 Å². The number of nitrogens with one attached hydrogen (secondary N) is 3. The van der Waals surface area contributed by atoms with Crippen molar-refractivity contribution in [3.05, 3.63) is 52.2 Å². The van der Waals surface area contributed by atoms with Crippen LogP contribution in [0.25, 0.3) is 6.08 Å². The molecule has 168 valence electrons. The third kappa shape index (κ3) is 8.29. The van der Waals surface area contributed by atoms with Gasteiger partial charge in [0.15, 0.2) is 5.11 Å². The maximum Gasteiger partial charge on any atom is 0.267 e. The summed E-state index contributed by atoms with van der Waals surface area (Å²) in [7, 11) is -0.904. The Labute approximate surface area is 191 Å². The van der Waals surface area contributed by atoms with Gasteiger partial charge in [0.05, 0.1) is 6.61 Å². The Hall–Kier alpha value is -2.47. The number of rotatable bonds is 11. The van der Waals surface area contributed by atoms with Crippen LogP contribution in [0, 0.1) is 0 Å². The number of carbonyl (C=O) groups is 1. The van der Waals surface area contributed by atoms with Gasteiger partial charge in [-0.25, -0.2) is 8.42 Å². The number of thiocarbonyl (C=S) groups is 1. The number of amides is 1. The second kappa shape index (κ2) is 12.4. The van der Waals surface area contributed by atoms with Crippen LogP contribution in [0.1, 0.15) is 10.4 Å². The number of ether oxygens (including phenoxy) is 2. The van der Waals surface area contributed by atoms with Crippen LogP contribution in [-0.4, -0.2) is 53.4 Å². The molecule has 1 aromatic carbocycles. The lowest BCUT2D eigenvalue weighted by Gasteiger charge is -2.15. The van der Waals surface area contributed by atoms with E-state index in [4.69, 9.17) is 21.7 Å². The summed E-state index contributed by atoms with van der Waals surface area (Å²) >= 11 is 6.46. The van der Waals surface area contributed by atoms with Crippen molar-refractivity contribution < 1.29 is 22.7 Å². The fraction of sp³-hybridized carbons (Fsp3) is 0.300. The molecule has 31 heavy (non-hydrogen) atoms. The Morgan fingerprint density at radius 3 is 2.74 bits per heavy atom. The monoisotopic (exact) mass is 483 g/mol. The summed E-state index contributed by atoms with van der Waals surface area (Å²) in [6, 6.07) is 8.68. The van der Waals surface area contributed by atoms with Crippen molar-refractivity contribution in [3.8, 4) is 5.75 Å². The molecule has 2 aromatic rings. The standard InChI is InChI=1S/C20H25N3O5S3/c1-21-20(29)23-31(25,26)18-14-15(5-7-17(18)28-12-11-27-2)9-10-22-19(24)8-6-16-4-3-13-30-16/h3-8,13-14H,9-12H2,1-2H3,(H,22,24)(H2,21,23,29). The van der Waals surface area contributed by atoms with Crippen molar-refractivity contribution in [1.29, 1.82) is 0 Å². The van der Waals surface area contributed by atoms with Crippen LogP contribution >= 0.6 is 23.6 Å². The number of benzene rings is 1. The minimum absolute atomic E-state index is 0.0296. The third-order valence-electron chi connectivity index (χ3n) is 3.95. The molecule has 0 spiro atoms. The molecule has 3 N–H and O–H groups in total. The van der Waals surface area contributed by atoms with E-state index in [1.165, 1.54) is 26.3 Å². The van der Waals surface area contributed by atoms with Crippen LogP contribution in [0.15, 0.2) is 46.7 Å². The fourth-order valence-electron chi connectivity index (χ4n) is 2.43. The molecule has 1 amide bonds. The molecular weight excluding hydrogens is 458 g/mol. The van der Waals surface area contributed by atoms with E-state index in [0.717, 1.165) is 10.4 Å². The smallest absolute Gasteiger partial charge is 0.267 e. The first-order chi connectivity index (χ1) is 14.9. The van der Waals surface area contributed by atoms with Crippen molar-refractivity contribution in [1.82, 2.24) is 15.4 Å². The first-order valence-corrected chi connectivity index (χ1v) is 12.1. The molecule has 11 heteroatoms. The number of thiophene rings is 1. The summed E-state index contributed by atoms with van der Waals surface area (Å²) in [5, 5.41) is 7.26. The Bertz CT molecular complexity index is 1010. The van der Waals surface area contributed by atoms with Crippen LogP contribution in [-0.2, 0) is 26.0 Å². The molecule has 8 nitrogen and oxygen atoms in total. The van der Waals surface area contributed by atoms with Gasteiger partial charge in [0.25, 0.3) is 10.0 Å². The minimum Gasteiger partial charge on any atom is -0.490 e. The summed E-state index contributed by atoms with van der Waals surface area (Å²) in [5.41, 5.74) is 0.720. The average molecular weight is 484 g/mol. The summed E-state index contributed by atoms with van der Waals surface area (Å²) < 4.78 is 38.3. The molecule has 0 unspecified atom stereocenters. The van der Waals surface area contributed by atoms with E-state index < -0.39 is 10.0 Å². The van der Waals surface area contributed by atoms with Crippen LogP contribution in [0.5, 0.6) is 5.75 Å². The van der Waals surface area contributed by atoms with E-state index >= 15 is 0 Å². The summed E-state index contributed by atoms with van der Waals surface area (Å²) in [6.45, 7) is 0.857. The molecule has 0 aliphatic rings. The van der Waals surface area contributed by atoms with Crippen LogP contribution < -0.4 is 20.1 Å². The van der Waals surface area contributed by atoms with Gasteiger partial charge in [0, 0.05) is 31.7 Å². The fourth-order valence-corrected chi connectivity index (χ4v) is 4.53. The third-order valence-corrected chi connectivity index (χ3v) is 6.60. The molecule has 1 heterocycles. The maximum absolute atomic E-state index is 12.8. The van der Waals surface area contributed by atoms with Crippen molar-refractivity contribution in [2.75, 3.05) is 33.9 Å². The van der Waals surface area contributed by atoms with E-state index in [2.05, 4.69) is 15.4 Å². The Morgan fingerprint density at radius 2 is 2.06 bits per heavy atom. The molecule has 0 aliphatic carbocycles. The highest BCUT2D eigenvalue weighted by molar-refractivity contribution is 7.92. The van der Waals surface area contributed by atoms with Crippen LogP contribution in [0.4, 0.5) is 0 Å². The van der Waals surface area contributed by atoms with Gasteiger partial charge in [-0.1, -0.05) is 12.1 Å². The van der Waals surface area contributed by atoms with E-state index in [1.54, 1.807) is 29.5 Å². The zero-order valence-electron chi connectivity index (χ0n) is 17.2. The van der Waals surface area contributed by atoms with E-state index in [9.17, 15) is 13.2 Å². The molecule has 2 rings (SSSR count). The number of hydrogen-bond acceptors (Lipinski definition) is 7. The first kappa shape index (κ1) is 24.8. The lowest BCUT2D eigenvalue weighted by atomic mass is 10.1. The van der Waals surface area contributed by atoms with Crippen LogP contribution in [0.2, 0.25) is 0 Å². The highest BCUT2D eigenvalue weighted by Crippen LogP contribution is 2.25. The largest absolute Gasteiger partial charge is 0.490 e. The van der Waals surface area contributed by atoms with Gasteiger partial charge in [-0.05, 0) is 53.9 Å². The number of sulfonamides is 1. The second-order valence-corrected chi connectivity index (χ2v) is 9.24. The number of hydrogen-bond donors (Lipinski definition) is 3. The van der Waals surface area contributed by atoms with Gasteiger partial charge in [-0.2, -0.15) is 0 Å². The summed E-state index contributed by atoms with van der Waals surface area (Å²) in [6.07, 6.45) is 3.65. The van der Waals surface area contributed by atoms with Crippen molar-refractivity contribution >= 4 is 50.7 Å². The Morgan fingerprint density at radius 1 is 1.26 bits per heavy atom. The van der Waals surface area contributed by atoms with E-state index in [1.807, 2.05) is 17.5 Å². The summed E-state index contributed by atoms with van der Waals surface area (Å²) in [5.74, 6) is -0.0306. The summed E-state index contributed by atoms with van der Waals surface area (Å²) in [4.78, 5) is 12.9. The van der Waals surface area contributed by atoms with E-state index in [0.29, 0.717) is 19.6 Å². The zero-order valence-corrected chi connectivity index (χ0v) is 19.7. The topological polar surface area (TPSA) is 106 Å². The van der Waals surface area contributed by atoms with Crippen LogP contribution in [0.3, 0.4) is 0 Å². The lowest BCUT2D eigenvalue weighted by Crippen LogP contribution is -2.37. The number of carbonyl (C=O) groups excluding carboxylic acids is 1. The van der Waals surface area contributed by atoms with Gasteiger partial charge in [-0.3, -0.25) is 9.52 Å². The van der Waals surface area contributed by atoms with Gasteiger partial charge >= 0.3 is 0 Å². The van der Waals surface area contributed by atoms with Crippen molar-refractivity contribution in [2.24, 2.45) is 0 Å². The molecule has 0 saturated heterocycles. The average Bonchev–Trinajstić information content (AvgIpc) is 3.26. The van der Waals surface area contributed by atoms with Gasteiger partial charge in [-0.15, -0.1) is 11.3 Å². The quantitative estimate of drug-likeness (QED) is 0.255. The maximum atomic E-state index is 12.8. The lowest BCUT2D eigenvalue weighted by molar-refractivity contribution is -0.116. The van der Waals surface area contributed by atoms with Crippen molar-refractivity contribution in [3.63, 3.8) is 0 Å². The molecule has 1 aromatic heterocycles. The SMILES string of the molecule is CNC(=S)NS(=O)(=O)c1cc(CCNC(=O)C=Cc2cccs2)ccc1OCCOC.